The molecule has 0 radical (unpaired) electrons. The van der Waals surface area contributed by atoms with Crippen LogP contribution in [0.1, 0.15) is 11.4 Å². The number of nitrogens with zero attached hydrogens (tertiary/aromatic N) is 3. The predicted octanol–water partition coefficient (Wildman–Crippen LogP) is 2.57. The van der Waals surface area contributed by atoms with Gasteiger partial charge in [0.05, 0.1) is 13.7 Å². The molecule has 1 aromatic heterocycles. The Hall–Kier alpha value is -2.66. The minimum Gasteiger partial charge on any atom is -0.497 e. The van der Waals surface area contributed by atoms with Gasteiger partial charge in [0.1, 0.15) is 12.1 Å². The van der Waals surface area contributed by atoms with E-state index in [0.29, 0.717) is 6.54 Å². The molecule has 0 aliphatic rings. The van der Waals surface area contributed by atoms with Crippen LogP contribution in [0.25, 0.3) is 5.69 Å². The first-order valence-corrected chi connectivity index (χ1v) is 7.15. The number of hydrogen-bond acceptors (Lipinski definition) is 4. The highest BCUT2D eigenvalue weighted by molar-refractivity contribution is 5.32. The molecule has 0 bridgehead atoms. The lowest BCUT2D eigenvalue weighted by molar-refractivity contribution is 0.414. The molecule has 0 fully saturated rings. The van der Waals surface area contributed by atoms with Gasteiger partial charge in [0.15, 0.2) is 5.82 Å². The highest BCUT2D eigenvalue weighted by Crippen LogP contribution is 2.13. The van der Waals surface area contributed by atoms with Crippen LogP contribution in [0.3, 0.4) is 0 Å². The second kappa shape index (κ2) is 6.87. The van der Waals surface area contributed by atoms with Gasteiger partial charge in [-0.1, -0.05) is 30.3 Å². The molecule has 0 atom stereocenters. The zero-order valence-corrected chi connectivity index (χ0v) is 12.4. The van der Waals surface area contributed by atoms with E-state index in [-0.39, 0.29) is 0 Å². The van der Waals surface area contributed by atoms with Crippen LogP contribution in [-0.4, -0.2) is 21.9 Å². The molecule has 0 aliphatic heterocycles. The molecule has 0 unspecified atom stereocenters. The first-order valence-electron chi connectivity index (χ1n) is 7.15. The Bertz CT molecular complexity index is 724. The third-order valence-corrected chi connectivity index (χ3v) is 3.40. The third-order valence-electron chi connectivity index (χ3n) is 3.40. The summed E-state index contributed by atoms with van der Waals surface area (Å²) in [4.78, 5) is 0. The fourth-order valence-corrected chi connectivity index (χ4v) is 2.28. The molecule has 0 saturated heterocycles. The molecule has 1 heterocycles. The van der Waals surface area contributed by atoms with E-state index in [2.05, 4.69) is 21.6 Å². The highest BCUT2D eigenvalue weighted by atomic mass is 16.5. The number of rotatable bonds is 6. The summed E-state index contributed by atoms with van der Waals surface area (Å²) in [6.45, 7) is 1.39. The maximum Gasteiger partial charge on any atom is 0.151 e. The summed E-state index contributed by atoms with van der Waals surface area (Å²) in [6, 6.07) is 18.1. The van der Waals surface area contributed by atoms with Gasteiger partial charge in [-0.3, -0.25) is 4.57 Å². The van der Waals surface area contributed by atoms with Crippen molar-refractivity contribution >= 4 is 0 Å². The standard InChI is InChI=1S/C17H18N4O/c1-22-16-9-5-6-14(10-16)11-18-12-17-20-19-13-21(17)15-7-3-2-4-8-15/h2-10,13,18H,11-12H2,1H3. The second-order valence-corrected chi connectivity index (χ2v) is 4.91. The largest absolute Gasteiger partial charge is 0.497 e. The molecule has 0 spiro atoms. The molecule has 5 heteroatoms. The van der Waals surface area contributed by atoms with Gasteiger partial charge in [-0.15, -0.1) is 10.2 Å². The number of nitrogens with one attached hydrogen (secondary N) is 1. The predicted molar refractivity (Wildman–Crippen MR) is 84.9 cm³/mol. The van der Waals surface area contributed by atoms with Crippen molar-refractivity contribution in [3.05, 3.63) is 72.3 Å². The Kier molecular flexibility index (Phi) is 4.46. The van der Waals surface area contributed by atoms with E-state index in [1.54, 1.807) is 13.4 Å². The van der Waals surface area contributed by atoms with Crippen LogP contribution in [0.4, 0.5) is 0 Å². The lowest BCUT2D eigenvalue weighted by atomic mass is 10.2. The van der Waals surface area contributed by atoms with Crippen LogP contribution in [0.5, 0.6) is 5.75 Å². The quantitative estimate of drug-likeness (QED) is 0.759. The van der Waals surface area contributed by atoms with E-state index < -0.39 is 0 Å². The fraction of sp³-hybridized carbons (Fsp3) is 0.176. The van der Waals surface area contributed by atoms with Crippen molar-refractivity contribution in [2.45, 2.75) is 13.1 Å². The molecule has 0 saturated carbocycles. The van der Waals surface area contributed by atoms with Gasteiger partial charge >= 0.3 is 0 Å². The van der Waals surface area contributed by atoms with Gasteiger partial charge in [0.2, 0.25) is 0 Å². The molecule has 22 heavy (non-hydrogen) atoms. The van der Waals surface area contributed by atoms with Crippen LogP contribution in [0.15, 0.2) is 60.9 Å². The smallest absolute Gasteiger partial charge is 0.151 e. The Morgan fingerprint density at radius 1 is 1.05 bits per heavy atom. The van der Waals surface area contributed by atoms with E-state index in [0.717, 1.165) is 23.8 Å². The van der Waals surface area contributed by atoms with Crippen LogP contribution in [0.2, 0.25) is 0 Å². The summed E-state index contributed by atoms with van der Waals surface area (Å²) in [5, 5.41) is 11.6. The van der Waals surface area contributed by atoms with E-state index in [1.807, 2.05) is 53.1 Å². The second-order valence-electron chi connectivity index (χ2n) is 4.91. The Morgan fingerprint density at radius 2 is 1.91 bits per heavy atom. The zero-order valence-electron chi connectivity index (χ0n) is 12.4. The number of ether oxygens (including phenoxy) is 1. The average molecular weight is 294 g/mol. The van der Waals surface area contributed by atoms with Gasteiger partial charge < -0.3 is 10.1 Å². The van der Waals surface area contributed by atoms with Crippen molar-refractivity contribution in [3.8, 4) is 11.4 Å². The Balaban J connectivity index is 1.64. The summed E-state index contributed by atoms with van der Waals surface area (Å²) < 4.78 is 7.21. The lowest BCUT2D eigenvalue weighted by Gasteiger charge is -2.08. The van der Waals surface area contributed by atoms with Crippen molar-refractivity contribution < 1.29 is 4.74 Å². The van der Waals surface area contributed by atoms with Crippen LogP contribution >= 0.6 is 0 Å². The zero-order chi connectivity index (χ0) is 15.2. The number of aromatic nitrogens is 3. The molecule has 0 aliphatic carbocycles. The van der Waals surface area contributed by atoms with Crippen LogP contribution in [-0.2, 0) is 13.1 Å². The lowest BCUT2D eigenvalue weighted by Crippen LogP contribution is -2.16. The van der Waals surface area contributed by atoms with Gasteiger partial charge in [0, 0.05) is 12.2 Å². The summed E-state index contributed by atoms with van der Waals surface area (Å²) in [5.41, 5.74) is 2.23. The summed E-state index contributed by atoms with van der Waals surface area (Å²) in [5.74, 6) is 1.75. The van der Waals surface area contributed by atoms with Crippen molar-refractivity contribution in [2.24, 2.45) is 0 Å². The molecule has 2 aromatic carbocycles. The molecule has 5 nitrogen and oxygen atoms in total. The number of benzene rings is 2. The summed E-state index contributed by atoms with van der Waals surface area (Å²) >= 11 is 0. The third kappa shape index (κ3) is 3.32. The first kappa shape index (κ1) is 14.3. The molecule has 0 amide bonds. The fourth-order valence-electron chi connectivity index (χ4n) is 2.28. The molecule has 112 valence electrons. The van der Waals surface area contributed by atoms with Gasteiger partial charge in [-0.05, 0) is 29.8 Å². The molecular weight excluding hydrogens is 276 g/mol. The minimum atomic E-state index is 0.645. The molecule has 3 aromatic rings. The number of para-hydroxylation sites is 1. The summed E-state index contributed by atoms with van der Waals surface area (Å²) in [7, 11) is 1.68. The van der Waals surface area contributed by atoms with E-state index in [9.17, 15) is 0 Å². The normalized spacial score (nSPS) is 10.6. The van der Waals surface area contributed by atoms with Crippen molar-refractivity contribution in [1.82, 2.24) is 20.1 Å². The monoisotopic (exact) mass is 294 g/mol. The topological polar surface area (TPSA) is 52.0 Å². The maximum atomic E-state index is 5.23. The highest BCUT2D eigenvalue weighted by Gasteiger charge is 2.05. The number of hydrogen-bond donors (Lipinski definition) is 1. The van der Waals surface area contributed by atoms with Gasteiger partial charge in [-0.25, -0.2) is 0 Å². The Labute approximate surface area is 129 Å². The van der Waals surface area contributed by atoms with Crippen LogP contribution < -0.4 is 10.1 Å². The molecule has 3 rings (SSSR count). The van der Waals surface area contributed by atoms with E-state index in [4.69, 9.17) is 4.74 Å². The first-order chi connectivity index (χ1) is 10.9. The van der Waals surface area contributed by atoms with Gasteiger partial charge in [-0.2, -0.15) is 0 Å². The van der Waals surface area contributed by atoms with Crippen LogP contribution in [0, 0.1) is 0 Å². The number of methoxy groups -OCH3 is 1. The minimum absolute atomic E-state index is 0.645. The molecule has 1 N–H and O–H groups in total. The maximum absolute atomic E-state index is 5.23. The SMILES string of the molecule is COc1cccc(CNCc2nncn2-c2ccccc2)c1. The average Bonchev–Trinajstić information content (AvgIpc) is 3.04. The van der Waals surface area contributed by atoms with E-state index in [1.165, 1.54) is 5.56 Å². The van der Waals surface area contributed by atoms with Crippen molar-refractivity contribution in [1.29, 1.82) is 0 Å². The molecular formula is C17H18N4O. The summed E-state index contributed by atoms with van der Waals surface area (Å²) in [6.07, 6.45) is 1.73. The van der Waals surface area contributed by atoms with Crippen molar-refractivity contribution in [3.63, 3.8) is 0 Å². The Morgan fingerprint density at radius 3 is 2.73 bits per heavy atom. The van der Waals surface area contributed by atoms with Crippen molar-refractivity contribution in [2.75, 3.05) is 7.11 Å². The van der Waals surface area contributed by atoms with Gasteiger partial charge in [0.25, 0.3) is 0 Å². The van der Waals surface area contributed by atoms with E-state index >= 15 is 0 Å².